The summed E-state index contributed by atoms with van der Waals surface area (Å²) in [5.74, 6) is 0.559. The van der Waals surface area contributed by atoms with Crippen LogP contribution in [-0.2, 0) is 4.74 Å². The molecule has 0 aliphatic carbocycles. The van der Waals surface area contributed by atoms with Gasteiger partial charge in [0.1, 0.15) is 6.61 Å². The van der Waals surface area contributed by atoms with Gasteiger partial charge in [-0.25, -0.2) is 0 Å². The maximum atomic E-state index is 11.9. The second-order valence-corrected chi connectivity index (χ2v) is 4.36. The highest BCUT2D eigenvalue weighted by Gasteiger charge is 2.27. The predicted molar refractivity (Wildman–Crippen MR) is 58.4 cm³/mol. The van der Waals surface area contributed by atoms with Crippen LogP contribution in [0, 0.1) is 5.92 Å². The van der Waals surface area contributed by atoms with E-state index in [1.807, 2.05) is 6.92 Å². The highest BCUT2D eigenvalue weighted by Crippen LogP contribution is 2.15. The molecule has 2 nitrogen and oxygen atoms in total. The van der Waals surface area contributed by atoms with Crippen molar-refractivity contribution in [2.45, 2.75) is 45.8 Å². The summed E-state index contributed by atoms with van der Waals surface area (Å²) in [5, 5.41) is 3.13. The lowest BCUT2D eigenvalue weighted by Gasteiger charge is -2.19. The van der Waals surface area contributed by atoms with Crippen LogP contribution in [-0.4, -0.2) is 32.0 Å². The molecule has 1 N–H and O–H groups in total. The second-order valence-electron chi connectivity index (χ2n) is 4.36. The Morgan fingerprint density at radius 1 is 1.19 bits per heavy atom. The zero-order valence-electron chi connectivity index (χ0n) is 10.2. The molecular formula is C11H22F3NO. The number of alkyl halides is 3. The summed E-state index contributed by atoms with van der Waals surface area (Å²) in [6, 6.07) is 0.0229. The molecule has 0 fully saturated rings. The molecule has 0 rings (SSSR count). The summed E-state index contributed by atoms with van der Waals surface area (Å²) in [6.07, 6.45) is -2.38. The van der Waals surface area contributed by atoms with Gasteiger partial charge in [-0.2, -0.15) is 13.2 Å². The smallest absolute Gasteiger partial charge is 0.370 e. The van der Waals surface area contributed by atoms with Crippen molar-refractivity contribution in [3.05, 3.63) is 0 Å². The lowest BCUT2D eigenvalue weighted by atomic mass is 10.0. The largest absolute Gasteiger partial charge is 0.411 e. The number of rotatable bonds is 8. The van der Waals surface area contributed by atoms with Gasteiger partial charge in [-0.1, -0.05) is 20.8 Å². The molecule has 1 atom stereocenters. The molecule has 0 heterocycles. The van der Waals surface area contributed by atoms with Gasteiger partial charge in [-0.05, 0) is 25.3 Å². The molecular weight excluding hydrogens is 219 g/mol. The van der Waals surface area contributed by atoms with Crippen LogP contribution in [0.3, 0.4) is 0 Å². The first-order valence-electron chi connectivity index (χ1n) is 5.73. The van der Waals surface area contributed by atoms with Gasteiger partial charge in [-0.15, -0.1) is 0 Å². The van der Waals surface area contributed by atoms with Crippen LogP contribution in [0.15, 0.2) is 0 Å². The third-order valence-corrected chi connectivity index (χ3v) is 2.17. The van der Waals surface area contributed by atoms with Gasteiger partial charge >= 0.3 is 6.18 Å². The fourth-order valence-corrected chi connectivity index (χ4v) is 1.38. The summed E-state index contributed by atoms with van der Waals surface area (Å²) in [5.41, 5.74) is 0. The number of nitrogens with one attached hydrogen (secondary N) is 1. The van der Waals surface area contributed by atoms with E-state index >= 15 is 0 Å². The van der Waals surface area contributed by atoms with Crippen molar-refractivity contribution in [1.82, 2.24) is 5.32 Å². The van der Waals surface area contributed by atoms with Crippen molar-refractivity contribution in [3.63, 3.8) is 0 Å². The molecule has 0 saturated heterocycles. The van der Waals surface area contributed by atoms with Crippen molar-refractivity contribution < 1.29 is 17.9 Å². The molecule has 0 saturated carbocycles. The number of hydrogen-bond donors (Lipinski definition) is 1. The van der Waals surface area contributed by atoms with Crippen LogP contribution in [0.4, 0.5) is 13.2 Å². The zero-order valence-corrected chi connectivity index (χ0v) is 10.2. The van der Waals surface area contributed by atoms with Crippen LogP contribution >= 0.6 is 0 Å². The van der Waals surface area contributed by atoms with Crippen LogP contribution in [0.5, 0.6) is 0 Å². The van der Waals surface area contributed by atoms with Gasteiger partial charge in [0.25, 0.3) is 0 Å². The molecule has 0 amide bonds. The van der Waals surface area contributed by atoms with Crippen LogP contribution in [0.2, 0.25) is 0 Å². The summed E-state index contributed by atoms with van der Waals surface area (Å²) in [6.45, 7) is 5.85. The minimum absolute atomic E-state index is 0.0229. The Morgan fingerprint density at radius 2 is 1.81 bits per heavy atom. The van der Waals surface area contributed by atoms with E-state index in [1.165, 1.54) is 0 Å². The molecule has 0 bridgehead atoms. The van der Waals surface area contributed by atoms with E-state index in [1.54, 1.807) is 0 Å². The van der Waals surface area contributed by atoms with E-state index in [0.29, 0.717) is 5.92 Å². The van der Waals surface area contributed by atoms with Crippen molar-refractivity contribution in [2.75, 3.05) is 19.8 Å². The van der Waals surface area contributed by atoms with Crippen molar-refractivity contribution in [2.24, 2.45) is 5.92 Å². The SMILES string of the molecule is CCNC(CCC(C)C)COCC(F)(F)F. The molecule has 0 aromatic heterocycles. The quantitative estimate of drug-likeness (QED) is 0.705. The Labute approximate surface area is 95.5 Å². The van der Waals surface area contributed by atoms with Gasteiger partial charge in [0.15, 0.2) is 0 Å². The highest BCUT2D eigenvalue weighted by atomic mass is 19.4. The molecule has 0 radical (unpaired) electrons. The van der Waals surface area contributed by atoms with Gasteiger partial charge < -0.3 is 10.1 Å². The first-order valence-corrected chi connectivity index (χ1v) is 5.73. The summed E-state index contributed by atoms with van der Waals surface area (Å²) < 4.78 is 40.2. The fourth-order valence-electron chi connectivity index (χ4n) is 1.38. The monoisotopic (exact) mass is 241 g/mol. The molecule has 0 aromatic rings. The average Bonchev–Trinajstić information content (AvgIpc) is 2.12. The molecule has 0 aromatic carbocycles. The standard InChI is InChI=1S/C11H22F3NO/c1-4-15-10(6-5-9(2)3)7-16-8-11(12,13)14/h9-10,15H,4-8H2,1-3H3. The maximum Gasteiger partial charge on any atom is 0.411 e. The Hall–Kier alpha value is -0.290. The molecule has 1 unspecified atom stereocenters. The van der Waals surface area contributed by atoms with Gasteiger partial charge in [-0.3, -0.25) is 0 Å². The third kappa shape index (κ3) is 10.2. The minimum atomic E-state index is -4.23. The van der Waals surface area contributed by atoms with Gasteiger partial charge in [0, 0.05) is 6.04 Å². The summed E-state index contributed by atoms with van der Waals surface area (Å²) in [4.78, 5) is 0. The van der Waals surface area contributed by atoms with E-state index in [9.17, 15) is 13.2 Å². The zero-order chi connectivity index (χ0) is 12.6. The van der Waals surface area contributed by atoms with E-state index in [2.05, 4.69) is 23.9 Å². The van der Waals surface area contributed by atoms with Gasteiger partial charge in [0.2, 0.25) is 0 Å². The van der Waals surface area contributed by atoms with Crippen LogP contribution in [0.25, 0.3) is 0 Å². The number of likely N-dealkylation sites (N-methyl/N-ethyl adjacent to an activating group) is 1. The first kappa shape index (κ1) is 15.7. The van der Waals surface area contributed by atoms with Crippen LogP contribution in [0.1, 0.15) is 33.6 Å². The molecule has 5 heteroatoms. The van der Waals surface area contributed by atoms with E-state index in [0.717, 1.165) is 19.4 Å². The lowest BCUT2D eigenvalue weighted by Crippen LogP contribution is -2.35. The Kier molecular flexibility index (Phi) is 7.76. The van der Waals surface area contributed by atoms with Crippen molar-refractivity contribution >= 4 is 0 Å². The van der Waals surface area contributed by atoms with Gasteiger partial charge in [0.05, 0.1) is 6.61 Å². The Balaban J connectivity index is 3.76. The first-order chi connectivity index (χ1) is 7.35. The second kappa shape index (κ2) is 7.90. The number of ether oxygens (including phenoxy) is 1. The highest BCUT2D eigenvalue weighted by molar-refractivity contribution is 4.66. The molecule has 98 valence electrons. The molecule has 16 heavy (non-hydrogen) atoms. The maximum absolute atomic E-state index is 11.9. The number of halogens is 3. The summed E-state index contributed by atoms with van der Waals surface area (Å²) in [7, 11) is 0. The Bertz CT molecular complexity index is 171. The van der Waals surface area contributed by atoms with Crippen molar-refractivity contribution in [3.8, 4) is 0 Å². The van der Waals surface area contributed by atoms with Crippen LogP contribution < -0.4 is 5.32 Å². The van der Waals surface area contributed by atoms with E-state index in [4.69, 9.17) is 0 Å². The molecule has 0 spiro atoms. The summed E-state index contributed by atoms with van der Waals surface area (Å²) >= 11 is 0. The number of hydrogen-bond acceptors (Lipinski definition) is 2. The lowest BCUT2D eigenvalue weighted by molar-refractivity contribution is -0.175. The average molecular weight is 241 g/mol. The van der Waals surface area contributed by atoms with Crippen molar-refractivity contribution in [1.29, 1.82) is 0 Å². The normalized spacial score (nSPS) is 14.4. The molecule has 0 aliphatic heterocycles. The molecule has 0 aliphatic rings. The fraction of sp³-hybridized carbons (Fsp3) is 1.00. The van der Waals surface area contributed by atoms with E-state index < -0.39 is 12.8 Å². The topological polar surface area (TPSA) is 21.3 Å². The third-order valence-electron chi connectivity index (χ3n) is 2.17. The van der Waals surface area contributed by atoms with E-state index in [-0.39, 0.29) is 12.6 Å². The predicted octanol–water partition coefficient (Wildman–Crippen LogP) is 2.98. The Morgan fingerprint density at radius 3 is 2.25 bits per heavy atom. The minimum Gasteiger partial charge on any atom is -0.370 e.